The zero-order valence-electron chi connectivity index (χ0n) is 19.1. The molecule has 0 fully saturated rings. The highest BCUT2D eigenvalue weighted by Crippen LogP contribution is 2.39. The number of nitrogens with zero attached hydrogens (tertiary/aromatic N) is 1. The number of fused-ring (bicyclic) bond motifs is 1. The third-order valence-electron chi connectivity index (χ3n) is 6.09. The molecule has 1 heterocycles. The van der Waals surface area contributed by atoms with Crippen LogP contribution in [0.4, 0.5) is 5.69 Å². The topological polar surface area (TPSA) is 63.7 Å². The van der Waals surface area contributed by atoms with Gasteiger partial charge < -0.3 is 9.64 Å². The Morgan fingerprint density at radius 2 is 1.76 bits per heavy atom. The van der Waals surface area contributed by atoms with Crippen molar-refractivity contribution in [1.82, 2.24) is 0 Å². The summed E-state index contributed by atoms with van der Waals surface area (Å²) < 4.78 is 31.5. The summed E-state index contributed by atoms with van der Waals surface area (Å²) in [5.74, 6) is 1.47. The Morgan fingerprint density at radius 3 is 2.48 bits per heavy atom. The van der Waals surface area contributed by atoms with Crippen LogP contribution in [0.1, 0.15) is 27.8 Å². The van der Waals surface area contributed by atoms with Gasteiger partial charge in [0.05, 0.1) is 11.3 Å². The summed E-state index contributed by atoms with van der Waals surface area (Å²) >= 11 is 3.55. The molecule has 0 saturated heterocycles. The maximum atomic E-state index is 13.2. The number of aryl methyl sites for hydroxylation is 2. The van der Waals surface area contributed by atoms with Gasteiger partial charge in [-0.2, -0.15) is 0 Å². The minimum atomic E-state index is -3.40. The maximum absolute atomic E-state index is 13.2. The molecule has 0 atom stereocenters. The Hall–Kier alpha value is -2.64. The number of carbonyl (C=O) groups excluding carboxylic acids is 1. The van der Waals surface area contributed by atoms with Crippen LogP contribution in [0.15, 0.2) is 57.9 Å². The van der Waals surface area contributed by atoms with Crippen molar-refractivity contribution >= 4 is 37.4 Å². The highest BCUT2D eigenvalue weighted by molar-refractivity contribution is 9.10. The molecule has 1 aliphatic rings. The van der Waals surface area contributed by atoms with E-state index in [4.69, 9.17) is 4.74 Å². The Morgan fingerprint density at radius 1 is 1.03 bits per heavy atom. The van der Waals surface area contributed by atoms with Gasteiger partial charge in [0.15, 0.2) is 9.84 Å². The maximum Gasteiger partial charge on any atom is 0.231 e. The molecule has 0 bridgehead atoms. The Labute approximate surface area is 203 Å². The van der Waals surface area contributed by atoms with E-state index in [2.05, 4.69) is 15.9 Å². The number of sulfone groups is 1. The van der Waals surface area contributed by atoms with Gasteiger partial charge in [-0.05, 0) is 85.3 Å². The van der Waals surface area contributed by atoms with Crippen molar-refractivity contribution < 1.29 is 17.9 Å². The van der Waals surface area contributed by atoms with Gasteiger partial charge in [-0.25, -0.2) is 8.42 Å². The third-order valence-corrected chi connectivity index (χ3v) is 8.14. The van der Waals surface area contributed by atoms with E-state index in [0.717, 1.165) is 50.3 Å². The lowest BCUT2D eigenvalue weighted by Crippen LogP contribution is -2.30. The summed E-state index contributed by atoms with van der Waals surface area (Å²) in [6, 6.07) is 14.6. The third kappa shape index (κ3) is 4.70. The van der Waals surface area contributed by atoms with E-state index in [9.17, 15) is 13.2 Å². The van der Waals surface area contributed by atoms with Gasteiger partial charge in [-0.1, -0.05) is 34.1 Å². The van der Waals surface area contributed by atoms with Crippen LogP contribution in [-0.2, 0) is 27.5 Å². The van der Waals surface area contributed by atoms with Crippen molar-refractivity contribution in [2.45, 2.75) is 38.5 Å². The number of hydrogen-bond donors (Lipinski definition) is 0. The second kappa shape index (κ2) is 8.95. The van der Waals surface area contributed by atoms with Crippen LogP contribution in [0.2, 0.25) is 0 Å². The zero-order valence-corrected chi connectivity index (χ0v) is 21.5. The molecule has 3 aromatic rings. The number of ether oxygens (including phenoxy) is 1. The van der Waals surface area contributed by atoms with Crippen molar-refractivity contribution in [1.29, 1.82) is 0 Å². The zero-order chi connectivity index (χ0) is 23.9. The van der Waals surface area contributed by atoms with E-state index in [-0.39, 0.29) is 17.2 Å². The highest BCUT2D eigenvalue weighted by Gasteiger charge is 2.28. The molecule has 0 N–H and O–H groups in total. The van der Waals surface area contributed by atoms with Gasteiger partial charge in [-0.15, -0.1) is 0 Å². The molecule has 5 nitrogen and oxygen atoms in total. The molecule has 3 aromatic carbocycles. The number of rotatable bonds is 5. The van der Waals surface area contributed by atoms with Crippen molar-refractivity contribution in [3.8, 4) is 11.5 Å². The predicted octanol–water partition coefficient (Wildman–Crippen LogP) is 5.70. The first-order valence-electron chi connectivity index (χ1n) is 10.7. The van der Waals surface area contributed by atoms with Crippen LogP contribution in [0.5, 0.6) is 11.5 Å². The summed E-state index contributed by atoms with van der Waals surface area (Å²) in [6.07, 6.45) is 1.94. The first-order valence-corrected chi connectivity index (χ1v) is 13.4. The summed E-state index contributed by atoms with van der Waals surface area (Å²) in [5, 5.41) is 0. The summed E-state index contributed by atoms with van der Waals surface area (Å²) in [6.45, 7) is 6.62. The van der Waals surface area contributed by atoms with Crippen LogP contribution in [-0.4, -0.2) is 27.1 Å². The van der Waals surface area contributed by atoms with Crippen molar-refractivity contribution in [2.75, 3.05) is 17.7 Å². The standard InChI is InChI=1S/C26H26BrNO4S/c1-16-14-24(17(2)13-21(16)27)32-23-10-9-22-20(18(23)3)11-12-28(22)26(29)15-19-7-5-6-8-25(19)33(4,30)31/h5-10,13-14H,11-12,15H2,1-4H3. The fourth-order valence-electron chi connectivity index (χ4n) is 4.26. The fraction of sp³-hybridized carbons (Fsp3) is 0.269. The monoisotopic (exact) mass is 527 g/mol. The molecule has 1 aliphatic heterocycles. The van der Waals surface area contributed by atoms with Crippen LogP contribution in [0, 0.1) is 20.8 Å². The second-order valence-electron chi connectivity index (χ2n) is 8.51. The smallest absolute Gasteiger partial charge is 0.231 e. The van der Waals surface area contributed by atoms with Gasteiger partial charge in [0.25, 0.3) is 0 Å². The van der Waals surface area contributed by atoms with Gasteiger partial charge >= 0.3 is 0 Å². The van der Waals surface area contributed by atoms with Crippen LogP contribution in [0.3, 0.4) is 0 Å². The molecule has 1 amide bonds. The van der Waals surface area contributed by atoms with Crippen LogP contribution in [0.25, 0.3) is 0 Å². The molecule has 4 rings (SSSR count). The van der Waals surface area contributed by atoms with E-state index < -0.39 is 9.84 Å². The molecule has 0 aliphatic carbocycles. The largest absolute Gasteiger partial charge is 0.457 e. The average molecular weight is 528 g/mol. The van der Waals surface area contributed by atoms with Gasteiger partial charge in [0.1, 0.15) is 11.5 Å². The minimum absolute atomic E-state index is 0.0390. The quantitative estimate of drug-likeness (QED) is 0.426. The molecule has 7 heteroatoms. The molecular formula is C26H26BrNO4S. The number of hydrogen-bond acceptors (Lipinski definition) is 4. The van der Waals surface area contributed by atoms with Gasteiger partial charge in [-0.3, -0.25) is 4.79 Å². The molecule has 0 unspecified atom stereocenters. The number of amides is 1. The summed E-state index contributed by atoms with van der Waals surface area (Å²) in [4.78, 5) is 15.1. The minimum Gasteiger partial charge on any atom is -0.457 e. The van der Waals surface area contributed by atoms with Crippen molar-refractivity contribution in [3.05, 3.63) is 80.8 Å². The molecule has 0 saturated carbocycles. The van der Waals surface area contributed by atoms with E-state index in [1.807, 2.05) is 45.0 Å². The summed E-state index contributed by atoms with van der Waals surface area (Å²) in [5.41, 5.74) is 5.62. The van der Waals surface area contributed by atoms with Crippen molar-refractivity contribution in [3.63, 3.8) is 0 Å². The number of anilines is 1. The Kier molecular flexibility index (Phi) is 6.38. The average Bonchev–Trinajstić information content (AvgIpc) is 3.18. The van der Waals surface area contributed by atoms with Gasteiger partial charge in [0, 0.05) is 23.0 Å². The number of halogens is 1. The molecule has 172 valence electrons. The lowest BCUT2D eigenvalue weighted by molar-refractivity contribution is -0.117. The normalized spacial score (nSPS) is 13.2. The van der Waals surface area contributed by atoms with E-state index in [1.54, 1.807) is 29.2 Å². The SMILES string of the molecule is Cc1cc(Oc2ccc3c(c2C)CCN3C(=O)Cc2ccccc2S(C)(=O)=O)c(C)cc1Br. The molecule has 33 heavy (non-hydrogen) atoms. The fourth-order valence-corrected chi connectivity index (χ4v) is 5.66. The van der Waals surface area contributed by atoms with E-state index >= 15 is 0 Å². The number of carbonyl (C=O) groups is 1. The van der Waals surface area contributed by atoms with E-state index in [0.29, 0.717) is 12.1 Å². The van der Waals surface area contributed by atoms with Crippen molar-refractivity contribution in [2.24, 2.45) is 0 Å². The lowest BCUT2D eigenvalue weighted by atomic mass is 10.0. The van der Waals surface area contributed by atoms with E-state index in [1.165, 1.54) is 6.26 Å². The van der Waals surface area contributed by atoms with Crippen LogP contribution < -0.4 is 9.64 Å². The Bertz CT molecular complexity index is 1360. The van der Waals surface area contributed by atoms with Gasteiger partial charge in [0.2, 0.25) is 5.91 Å². The summed E-state index contributed by atoms with van der Waals surface area (Å²) in [7, 11) is -3.40. The first kappa shape index (κ1) is 23.5. The predicted molar refractivity (Wildman–Crippen MR) is 134 cm³/mol. The molecule has 0 radical (unpaired) electrons. The lowest BCUT2D eigenvalue weighted by Gasteiger charge is -2.20. The molecular weight excluding hydrogens is 502 g/mol. The van der Waals surface area contributed by atoms with Crippen LogP contribution >= 0.6 is 15.9 Å². The Balaban J connectivity index is 1.60. The highest BCUT2D eigenvalue weighted by atomic mass is 79.9. The second-order valence-corrected chi connectivity index (χ2v) is 11.3. The first-order chi connectivity index (χ1) is 15.6. The molecule has 0 spiro atoms. The molecule has 0 aromatic heterocycles. The number of benzene rings is 3.